The number of ether oxygens (including phenoxy) is 1. The molecule has 1 rings (SSSR count). The predicted octanol–water partition coefficient (Wildman–Crippen LogP) is 1.73. The highest BCUT2D eigenvalue weighted by Crippen LogP contribution is 2.24. The lowest BCUT2D eigenvalue weighted by Crippen LogP contribution is -2.11. The summed E-state index contributed by atoms with van der Waals surface area (Å²) in [6.45, 7) is 1.32. The molecule has 0 radical (unpaired) electrons. The maximum Gasteiger partial charge on any atom is 0.308 e. The Morgan fingerprint density at radius 2 is 2.14 bits per heavy atom. The summed E-state index contributed by atoms with van der Waals surface area (Å²) in [5.41, 5.74) is 0. The Bertz CT molecular complexity index is 353. The molecule has 0 aliphatic carbocycles. The van der Waals surface area contributed by atoms with Gasteiger partial charge in [0.1, 0.15) is 5.82 Å². The minimum Gasteiger partial charge on any atom is -0.423 e. The summed E-state index contributed by atoms with van der Waals surface area (Å²) in [6, 6.07) is 3.34. The minimum atomic E-state index is -0.411. The van der Waals surface area contributed by atoms with Gasteiger partial charge in [-0.25, -0.2) is 4.98 Å². The number of pyridine rings is 1. The van der Waals surface area contributed by atoms with E-state index in [9.17, 15) is 4.79 Å². The lowest BCUT2D eigenvalue weighted by Gasteiger charge is -2.12. The molecule has 0 fully saturated rings. The fourth-order valence-corrected chi connectivity index (χ4v) is 1.08. The van der Waals surface area contributed by atoms with Crippen LogP contribution >= 0.6 is 11.6 Å². The molecule has 0 aliphatic heterocycles. The fourth-order valence-electron chi connectivity index (χ4n) is 0.892. The first-order chi connectivity index (χ1) is 6.50. The van der Waals surface area contributed by atoms with Gasteiger partial charge in [0.2, 0.25) is 0 Å². The highest BCUT2D eigenvalue weighted by molar-refractivity contribution is 6.31. The molecule has 0 N–H and O–H groups in total. The molecule has 0 unspecified atom stereocenters. The zero-order valence-corrected chi connectivity index (χ0v) is 9.00. The van der Waals surface area contributed by atoms with Crippen molar-refractivity contribution in [2.45, 2.75) is 6.92 Å². The van der Waals surface area contributed by atoms with Crippen molar-refractivity contribution in [1.29, 1.82) is 0 Å². The first kappa shape index (κ1) is 10.8. The van der Waals surface area contributed by atoms with Gasteiger partial charge in [-0.3, -0.25) is 4.79 Å². The Labute approximate surface area is 87.4 Å². The summed E-state index contributed by atoms with van der Waals surface area (Å²) in [7, 11) is 3.70. The number of esters is 1. The summed E-state index contributed by atoms with van der Waals surface area (Å²) < 4.78 is 4.83. The molecule has 14 heavy (non-hydrogen) atoms. The van der Waals surface area contributed by atoms with Gasteiger partial charge < -0.3 is 9.64 Å². The van der Waals surface area contributed by atoms with Gasteiger partial charge in [0.15, 0.2) is 10.9 Å². The monoisotopic (exact) mass is 214 g/mol. The van der Waals surface area contributed by atoms with Gasteiger partial charge >= 0.3 is 5.97 Å². The van der Waals surface area contributed by atoms with Gasteiger partial charge in [-0.1, -0.05) is 11.6 Å². The van der Waals surface area contributed by atoms with E-state index in [0.29, 0.717) is 5.82 Å². The molecule has 0 bridgehead atoms. The summed E-state index contributed by atoms with van der Waals surface area (Å²) in [5.74, 6) is 0.585. The summed E-state index contributed by atoms with van der Waals surface area (Å²) in [5, 5.41) is 0.186. The predicted molar refractivity (Wildman–Crippen MR) is 54.9 cm³/mol. The molecule has 0 atom stereocenters. The molecular weight excluding hydrogens is 204 g/mol. The first-order valence-corrected chi connectivity index (χ1v) is 4.41. The smallest absolute Gasteiger partial charge is 0.308 e. The highest BCUT2D eigenvalue weighted by Gasteiger charge is 2.07. The molecule has 1 heterocycles. The Morgan fingerprint density at radius 3 is 2.57 bits per heavy atom. The van der Waals surface area contributed by atoms with Crippen molar-refractivity contribution in [3.63, 3.8) is 0 Å². The number of rotatable bonds is 2. The van der Waals surface area contributed by atoms with Crippen LogP contribution in [-0.4, -0.2) is 25.0 Å². The van der Waals surface area contributed by atoms with E-state index >= 15 is 0 Å². The largest absolute Gasteiger partial charge is 0.423 e. The van der Waals surface area contributed by atoms with Gasteiger partial charge in [0.25, 0.3) is 0 Å². The van der Waals surface area contributed by atoms with Crippen LogP contribution in [0.3, 0.4) is 0 Å². The van der Waals surface area contributed by atoms with Gasteiger partial charge in [-0.05, 0) is 12.1 Å². The average Bonchev–Trinajstić information content (AvgIpc) is 2.07. The number of aromatic nitrogens is 1. The van der Waals surface area contributed by atoms with Crippen LogP contribution in [0.1, 0.15) is 6.92 Å². The average molecular weight is 215 g/mol. The molecule has 76 valence electrons. The van der Waals surface area contributed by atoms with Gasteiger partial charge in [-0.2, -0.15) is 0 Å². The van der Waals surface area contributed by atoms with Crippen molar-refractivity contribution in [2.24, 2.45) is 0 Å². The second-order valence-electron chi connectivity index (χ2n) is 2.95. The third-order valence-corrected chi connectivity index (χ3v) is 1.78. The zero-order chi connectivity index (χ0) is 10.7. The van der Waals surface area contributed by atoms with Gasteiger partial charge in [-0.15, -0.1) is 0 Å². The van der Waals surface area contributed by atoms with Crippen LogP contribution in [0.4, 0.5) is 5.82 Å². The third kappa shape index (κ3) is 2.60. The van der Waals surface area contributed by atoms with E-state index in [1.807, 2.05) is 19.0 Å². The van der Waals surface area contributed by atoms with Crippen LogP contribution in [0.5, 0.6) is 5.75 Å². The zero-order valence-electron chi connectivity index (χ0n) is 8.24. The molecule has 1 aromatic rings. The number of carbonyl (C=O) groups is 1. The van der Waals surface area contributed by atoms with Crippen LogP contribution in [-0.2, 0) is 4.79 Å². The Morgan fingerprint density at radius 1 is 1.50 bits per heavy atom. The van der Waals surface area contributed by atoms with Crippen molar-refractivity contribution < 1.29 is 9.53 Å². The highest BCUT2D eigenvalue weighted by atomic mass is 35.5. The second kappa shape index (κ2) is 4.28. The molecule has 0 saturated heterocycles. The van der Waals surface area contributed by atoms with E-state index in [1.165, 1.54) is 6.92 Å². The molecular formula is C9H11ClN2O2. The SMILES string of the molecule is CC(=O)Oc1ccc(N(C)C)nc1Cl. The maximum atomic E-state index is 10.7. The third-order valence-electron chi connectivity index (χ3n) is 1.51. The number of hydrogen-bond donors (Lipinski definition) is 0. The normalized spacial score (nSPS) is 9.71. The molecule has 0 aliphatic rings. The standard InChI is InChI=1S/C9H11ClN2O2/c1-6(13)14-7-4-5-8(12(2)3)11-9(7)10/h4-5H,1-3H3. The fraction of sp³-hybridized carbons (Fsp3) is 0.333. The van der Waals surface area contributed by atoms with Crippen LogP contribution in [0.25, 0.3) is 0 Å². The topological polar surface area (TPSA) is 42.4 Å². The summed E-state index contributed by atoms with van der Waals surface area (Å²) >= 11 is 5.80. The molecule has 4 nitrogen and oxygen atoms in total. The molecule has 5 heteroatoms. The molecule has 0 saturated carbocycles. The van der Waals surface area contributed by atoms with Crippen LogP contribution in [0.2, 0.25) is 5.15 Å². The lowest BCUT2D eigenvalue weighted by atomic mass is 10.4. The van der Waals surface area contributed by atoms with Crippen molar-refractivity contribution in [3.05, 3.63) is 17.3 Å². The Kier molecular flexibility index (Phi) is 3.30. The quantitative estimate of drug-likeness (QED) is 0.556. The van der Waals surface area contributed by atoms with Crippen molar-refractivity contribution in [3.8, 4) is 5.75 Å². The van der Waals surface area contributed by atoms with Crippen molar-refractivity contribution in [2.75, 3.05) is 19.0 Å². The van der Waals surface area contributed by atoms with E-state index in [2.05, 4.69) is 4.98 Å². The molecule has 0 spiro atoms. The lowest BCUT2D eigenvalue weighted by molar-refractivity contribution is -0.131. The van der Waals surface area contributed by atoms with Crippen LogP contribution in [0.15, 0.2) is 12.1 Å². The van der Waals surface area contributed by atoms with Gasteiger partial charge in [0.05, 0.1) is 0 Å². The molecule has 0 aromatic carbocycles. The van der Waals surface area contributed by atoms with Crippen LogP contribution < -0.4 is 9.64 Å². The van der Waals surface area contributed by atoms with Crippen molar-refractivity contribution in [1.82, 2.24) is 4.98 Å². The summed E-state index contributed by atoms with van der Waals surface area (Å²) in [6.07, 6.45) is 0. The number of halogens is 1. The van der Waals surface area contributed by atoms with E-state index in [-0.39, 0.29) is 10.9 Å². The Hall–Kier alpha value is -1.29. The summed E-state index contributed by atoms with van der Waals surface area (Å²) in [4.78, 5) is 16.5. The minimum absolute atomic E-state index is 0.186. The second-order valence-corrected chi connectivity index (χ2v) is 3.30. The molecule has 0 amide bonds. The number of anilines is 1. The van der Waals surface area contributed by atoms with Gasteiger partial charge in [0, 0.05) is 21.0 Å². The Balaban J connectivity index is 2.95. The number of nitrogens with zero attached hydrogens (tertiary/aromatic N) is 2. The van der Waals surface area contributed by atoms with E-state index < -0.39 is 5.97 Å². The number of carbonyl (C=O) groups excluding carboxylic acids is 1. The maximum absolute atomic E-state index is 10.7. The van der Waals surface area contributed by atoms with Crippen molar-refractivity contribution >= 4 is 23.4 Å². The first-order valence-electron chi connectivity index (χ1n) is 4.03. The number of hydrogen-bond acceptors (Lipinski definition) is 4. The van der Waals surface area contributed by atoms with E-state index in [1.54, 1.807) is 12.1 Å². The van der Waals surface area contributed by atoms with Crippen LogP contribution in [0, 0.1) is 0 Å². The van der Waals surface area contributed by atoms with E-state index in [0.717, 1.165) is 0 Å². The molecule has 1 aromatic heterocycles. The van der Waals surface area contributed by atoms with E-state index in [4.69, 9.17) is 16.3 Å².